The first-order chi connectivity index (χ1) is 7.61. The number of nitrogens with zero attached hydrogens (tertiary/aromatic N) is 1. The maximum absolute atomic E-state index is 3.42. The van der Waals surface area contributed by atoms with Crippen LogP contribution in [0.1, 0.15) is 31.9 Å². The van der Waals surface area contributed by atoms with E-state index in [2.05, 4.69) is 62.3 Å². The topological polar surface area (TPSA) is 15.3 Å². The van der Waals surface area contributed by atoms with Crippen molar-refractivity contribution in [2.24, 2.45) is 0 Å². The van der Waals surface area contributed by atoms with E-state index in [1.54, 1.807) is 0 Å². The second-order valence-electron chi connectivity index (χ2n) is 4.68. The molecule has 2 heteroatoms. The fourth-order valence-corrected chi connectivity index (χ4v) is 1.51. The molecule has 0 aromatic heterocycles. The molecule has 0 unspecified atom stereocenters. The van der Waals surface area contributed by atoms with Crippen molar-refractivity contribution in [3.8, 4) is 0 Å². The van der Waals surface area contributed by atoms with Gasteiger partial charge in [0.25, 0.3) is 0 Å². The lowest BCUT2D eigenvalue weighted by Gasteiger charge is -2.14. The Labute approximate surface area is 99.7 Å². The first kappa shape index (κ1) is 13.2. The predicted molar refractivity (Wildman–Crippen MR) is 70.4 cm³/mol. The van der Waals surface area contributed by atoms with Crippen LogP contribution in [0, 0.1) is 0 Å². The Morgan fingerprint density at radius 3 is 2.19 bits per heavy atom. The van der Waals surface area contributed by atoms with E-state index in [9.17, 15) is 0 Å². The minimum absolute atomic E-state index is 0.547. The molecule has 1 rings (SSSR count). The van der Waals surface area contributed by atoms with Crippen LogP contribution in [0.4, 0.5) is 0 Å². The summed E-state index contributed by atoms with van der Waals surface area (Å²) in [7, 11) is 2.15. The van der Waals surface area contributed by atoms with Crippen molar-refractivity contribution in [2.75, 3.05) is 13.6 Å². The Kier molecular flexibility index (Phi) is 5.50. The maximum atomic E-state index is 3.42. The summed E-state index contributed by atoms with van der Waals surface area (Å²) in [6, 6.07) is 9.43. The molecule has 1 aromatic carbocycles. The molecule has 0 aliphatic carbocycles. The highest BCUT2D eigenvalue weighted by molar-refractivity contribution is 5.22. The second-order valence-corrected chi connectivity index (χ2v) is 4.68. The van der Waals surface area contributed by atoms with E-state index < -0.39 is 0 Å². The van der Waals surface area contributed by atoms with Crippen LogP contribution in [0.25, 0.3) is 0 Å². The van der Waals surface area contributed by atoms with Gasteiger partial charge < -0.3 is 10.2 Å². The van der Waals surface area contributed by atoms with E-state index in [4.69, 9.17) is 0 Å². The molecule has 0 amide bonds. The molecule has 1 aromatic rings. The van der Waals surface area contributed by atoms with E-state index in [0.717, 1.165) is 19.6 Å². The largest absolute Gasteiger partial charge is 0.310 e. The molecule has 90 valence electrons. The SMILES string of the molecule is CCN(C)Cc1ccc(CNC(C)C)cc1. The van der Waals surface area contributed by atoms with Crippen molar-refractivity contribution in [1.29, 1.82) is 0 Å². The highest BCUT2D eigenvalue weighted by Crippen LogP contribution is 2.06. The number of hydrogen-bond acceptors (Lipinski definition) is 2. The van der Waals surface area contributed by atoms with Crippen LogP contribution in [0.5, 0.6) is 0 Å². The highest BCUT2D eigenvalue weighted by atomic mass is 15.1. The molecule has 0 saturated carbocycles. The first-order valence-corrected chi connectivity index (χ1v) is 6.11. The standard InChI is InChI=1S/C14H24N2/c1-5-16(4)11-14-8-6-13(7-9-14)10-15-12(2)3/h6-9,12,15H,5,10-11H2,1-4H3. The van der Waals surface area contributed by atoms with Gasteiger partial charge in [0.1, 0.15) is 0 Å². The smallest absolute Gasteiger partial charge is 0.0230 e. The fraction of sp³-hybridized carbons (Fsp3) is 0.571. The molecule has 0 atom stereocenters. The van der Waals surface area contributed by atoms with Crippen molar-refractivity contribution in [2.45, 2.75) is 39.9 Å². The summed E-state index contributed by atoms with van der Waals surface area (Å²) in [4.78, 5) is 2.31. The zero-order chi connectivity index (χ0) is 12.0. The normalized spacial score (nSPS) is 11.4. The Morgan fingerprint density at radius 2 is 1.69 bits per heavy atom. The van der Waals surface area contributed by atoms with Gasteiger partial charge in [-0.2, -0.15) is 0 Å². The van der Waals surface area contributed by atoms with Gasteiger partial charge in [0, 0.05) is 19.1 Å². The Bertz CT molecular complexity index is 290. The molecule has 0 bridgehead atoms. The van der Waals surface area contributed by atoms with E-state index in [-0.39, 0.29) is 0 Å². The highest BCUT2D eigenvalue weighted by Gasteiger charge is 1.99. The third-order valence-corrected chi connectivity index (χ3v) is 2.73. The summed E-state index contributed by atoms with van der Waals surface area (Å²) in [5, 5.41) is 3.42. The van der Waals surface area contributed by atoms with Crippen LogP contribution >= 0.6 is 0 Å². The average Bonchev–Trinajstić information content (AvgIpc) is 2.28. The molecule has 2 nitrogen and oxygen atoms in total. The van der Waals surface area contributed by atoms with Gasteiger partial charge in [0.15, 0.2) is 0 Å². The van der Waals surface area contributed by atoms with Crippen LogP contribution in [-0.4, -0.2) is 24.5 Å². The van der Waals surface area contributed by atoms with Gasteiger partial charge in [-0.25, -0.2) is 0 Å². The fourth-order valence-electron chi connectivity index (χ4n) is 1.51. The molecule has 0 aliphatic heterocycles. The van der Waals surface area contributed by atoms with Gasteiger partial charge in [0.2, 0.25) is 0 Å². The Morgan fingerprint density at radius 1 is 1.12 bits per heavy atom. The molecule has 0 fully saturated rings. The van der Waals surface area contributed by atoms with E-state index in [1.807, 2.05) is 0 Å². The number of rotatable bonds is 6. The van der Waals surface area contributed by atoms with Gasteiger partial charge in [-0.3, -0.25) is 0 Å². The molecular weight excluding hydrogens is 196 g/mol. The monoisotopic (exact) mass is 220 g/mol. The number of hydrogen-bond donors (Lipinski definition) is 1. The van der Waals surface area contributed by atoms with Crippen LogP contribution in [0.2, 0.25) is 0 Å². The Balaban J connectivity index is 2.47. The van der Waals surface area contributed by atoms with Crippen molar-refractivity contribution in [3.63, 3.8) is 0 Å². The lowest BCUT2D eigenvalue weighted by Crippen LogP contribution is -2.21. The zero-order valence-electron chi connectivity index (χ0n) is 11.0. The molecular formula is C14H24N2. The first-order valence-electron chi connectivity index (χ1n) is 6.11. The maximum Gasteiger partial charge on any atom is 0.0230 e. The minimum Gasteiger partial charge on any atom is -0.310 e. The van der Waals surface area contributed by atoms with Gasteiger partial charge in [-0.05, 0) is 24.7 Å². The molecule has 0 heterocycles. The summed E-state index contributed by atoms with van der Waals surface area (Å²) >= 11 is 0. The van der Waals surface area contributed by atoms with Crippen molar-refractivity contribution in [3.05, 3.63) is 35.4 Å². The second kappa shape index (κ2) is 6.66. The minimum atomic E-state index is 0.547. The predicted octanol–water partition coefficient (Wildman–Crippen LogP) is 2.64. The van der Waals surface area contributed by atoms with E-state index in [1.165, 1.54) is 11.1 Å². The summed E-state index contributed by atoms with van der Waals surface area (Å²) in [5.74, 6) is 0. The summed E-state index contributed by atoms with van der Waals surface area (Å²) < 4.78 is 0. The van der Waals surface area contributed by atoms with Gasteiger partial charge in [0.05, 0.1) is 0 Å². The lowest BCUT2D eigenvalue weighted by molar-refractivity contribution is 0.346. The average molecular weight is 220 g/mol. The van der Waals surface area contributed by atoms with Crippen molar-refractivity contribution < 1.29 is 0 Å². The van der Waals surface area contributed by atoms with Crippen molar-refractivity contribution >= 4 is 0 Å². The molecule has 0 saturated heterocycles. The van der Waals surface area contributed by atoms with Crippen LogP contribution in [0.15, 0.2) is 24.3 Å². The third-order valence-electron chi connectivity index (χ3n) is 2.73. The quantitative estimate of drug-likeness (QED) is 0.793. The van der Waals surface area contributed by atoms with E-state index >= 15 is 0 Å². The van der Waals surface area contributed by atoms with Crippen molar-refractivity contribution in [1.82, 2.24) is 10.2 Å². The Hall–Kier alpha value is -0.860. The van der Waals surface area contributed by atoms with Crippen LogP contribution in [-0.2, 0) is 13.1 Å². The van der Waals surface area contributed by atoms with Crippen LogP contribution < -0.4 is 5.32 Å². The molecule has 1 N–H and O–H groups in total. The molecule has 0 radical (unpaired) electrons. The number of benzene rings is 1. The van der Waals surface area contributed by atoms with Crippen LogP contribution in [0.3, 0.4) is 0 Å². The summed E-state index contributed by atoms with van der Waals surface area (Å²) in [6.45, 7) is 9.61. The van der Waals surface area contributed by atoms with Gasteiger partial charge in [-0.1, -0.05) is 45.0 Å². The molecule has 0 aliphatic rings. The molecule has 16 heavy (non-hydrogen) atoms. The van der Waals surface area contributed by atoms with E-state index in [0.29, 0.717) is 6.04 Å². The zero-order valence-corrected chi connectivity index (χ0v) is 11.0. The summed E-state index contributed by atoms with van der Waals surface area (Å²) in [6.07, 6.45) is 0. The van der Waals surface area contributed by atoms with Gasteiger partial charge in [-0.15, -0.1) is 0 Å². The number of nitrogens with one attached hydrogen (secondary N) is 1. The lowest BCUT2D eigenvalue weighted by atomic mass is 10.1. The third kappa shape index (κ3) is 4.77. The van der Waals surface area contributed by atoms with Gasteiger partial charge >= 0.3 is 0 Å². The summed E-state index contributed by atoms with van der Waals surface area (Å²) in [5.41, 5.74) is 2.74. The molecule has 0 spiro atoms.